The number of nitrogens with one attached hydrogen (secondary N) is 1. The molecule has 0 aromatic heterocycles. The largest absolute Gasteiger partial charge is 0.469 e. The summed E-state index contributed by atoms with van der Waals surface area (Å²) in [5, 5.41) is 2.70. The van der Waals surface area contributed by atoms with Gasteiger partial charge in [0.1, 0.15) is 11.6 Å². The fourth-order valence-electron chi connectivity index (χ4n) is 3.93. The van der Waals surface area contributed by atoms with Crippen molar-refractivity contribution in [3.8, 4) is 0 Å². The number of ether oxygens (including phenoxy) is 1. The molecule has 0 aliphatic carbocycles. The Balaban J connectivity index is 2.12. The Bertz CT molecular complexity index is 1070. The van der Waals surface area contributed by atoms with Crippen LogP contribution >= 0.6 is 0 Å². The SMILES string of the molecule is C/C=C(\N=C/CC(=O)OC)NC(=O)CC[C@H]1C(C)=C(CC/C=C(\C)F)C(=O)N1Cc1ccc(F)cc1. The Morgan fingerprint density at radius 3 is 2.56 bits per heavy atom. The topological polar surface area (TPSA) is 88.1 Å². The van der Waals surface area contributed by atoms with E-state index in [1.54, 1.807) is 30.0 Å². The maximum Gasteiger partial charge on any atom is 0.310 e. The van der Waals surface area contributed by atoms with Crippen LogP contribution in [0.3, 0.4) is 0 Å². The summed E-state index contributed by atoms with van der Waals surface area (Å²) in [5.41, 5.74) is 2.23. The first-order valence-electron chi connectivity index (χ1n) is 11.8. The number of hydrogen-bond acceptors (Lipinski definition) is 5. The summed E-state index contributed by atoms with van der Waals surface area (Å²) >= 11 is 0. The number of carbonyl (C=O) groups excluding carboxylic acids is 3. The van der Waals surface area contributed by atoms with Gasteiger partial charge in [0.2, 0.25) is 5.91 Å². The van der Waals surface area contributed by atoms with Gasteiger partial charge in [0.05, 0.1) is 25.4 Å². The van der Waals surface area contributed by atoms with Gasteiger partial charge in [-0.3, -0.25) is 14.4 Å². The highest BCUT2D eigenvalue weighted by Crippen LogP contribution is 2.33. The van der Waals surface area contributed by atoms with Crippen molar-refractivity contribution in [3.63, 3.8) is 0 Å². The van der Waals surface area contributed by atoms with E-state index >= 15 is 0 Å². The molecule has 1 aliphatic heterocycles. The molecule has 1 heterocycles. The maximum atomic E-state index is 13.4. The van der Waals surface area contributed by atoms with Gasteiger partial charge >= 0.3 is 5.97 Å². The molecule has 0 radical (unpaired) electrons. The van der Waals surface area contributed by atoms with Crippen molar-refractivity contribution in [3.05, 3.63) is 70.6 Å². The molecule has 0 unspecified atom stereocenters. The Morgan fingerprint density at radius 2 is 1.94 bits per heavy atom. The molecule has 0 saturated carbocycles. The summed E-state index contributed by atoms with van der Waals surface area (Å²) in [6.07, 6.45) is 5.67. The summed E-state index contributed by atoms with van der Waals surface area (Å²) in [5.74, 6) is -1.25. The van der Waals surface area contributed by atoms with Crippen molar-refractivity contribution in [1.82, 2.24) is 10.2 Å². The molecule has 194 valence electrons. The van der Waals surface area contributed by atoms with Gasteiger partial charge in [0.15, 0.2) is 0 Å². The van der Waals surface area contributed by atoms with E-state index in [2.05, 4.69) is 15.0 Å². The highest BCUT2D eigenvalue weighted by molar-refractivity contribution is 5.97. The number of carbonyl (C=O) groups is 3. The number of rotatable bonds is 12. The molecule has 1 N–H and O–H groups in total. The van der Waals surface area contributed by atoms with Gasteiger partial charge in [-0.2, -0.15) is 0 Å². The second-order valence-electron chi connectivity index (χ2n) is 8.42. The summed E-state index contributed by atoms with van der Waals surface area (Å²) in [6, 6.07) is 5.61. The van der Waals surface area contributed by atoms with Gasteiger partial charge < -0.3 is 15.0 Å². The number of aliphatic imine (C=N–C) groups is 1. The van der Waals surface area contributed by atoms with E-state index in [1.807, 2.05) is 6.92 Å². The molecule has 2 amide bonds. The number of halogens is 2. The number of benzene rings is 1. The minimum atomic E-state index is -0.442. The van der Waals surface area contributed by atoms with Crippen LogP contribution in [-0.2, 0) is 25.7 Å². The number of esters is 1. The normalized spacial score (nSPS) is 16.8. The molecule has 1 aromatic rings. The van der Waals surface area contributed by atoms with E-state index in [4.69, 9.17) is 0 Å². The molecule has 2 rings (SSSR count). The van der Waals surface area contributed by atoms with E-state index in [-0.39, 0.29) is 48.9 Å². The van der Waals surface area contributed by atoms with Crippen LogP contribution in [0.1, 0.15) is 58.4 Å². The van der Waals surface area contributed by atoms with E-state index in [9.17, 15) is 23.2 Å². The molecular formula is C27H33F2N3O4. The van der Waals surface area contributed by atoms with Crippen LogP contribution in [-0.4, -0.2) is 42.0 Å². The van der Waals surface area contributed by atoms with Crippen molar-refractivity contribution < 1.29 is 27.9 Å². The standard InChI is InChI=1S/C27H33F2N3O4/c1-5-24(30-16-15-26(34)36-4)31-25(33)14-13-23-19(3)22(8-6-7-18(2)28)27(35)32(23)17-20-9-11-21(29)12-10-20/h5,7,9-12,16,23H,6,8,13-15,17H2,1-4H3,(H,31,33)/b18-7+,24-5+,30-16-/t23-/m0/s1. The number of methoxy groups -OCH3 is 1. The van der Waals surface area contributed by atoms with Crippen molar-refractivity contribution in [2.45, 2.75) is 65.5 Å². The van der Waals surface area contributed by atoms with Gasteiger partial charge in [0.25, 0.3) is 5.91 Å². The molecule has 1 aromatic carbocycles. The maximum absolute atomic E-state index is 13.4. The Kier molecular flexibility index (Phi) is 11.2. The highest BCUT2D eigenvalue weighted by atomic mass is 19.1. The van der Waals surface area contributed by atoms with Gasteiger partial charge in [-0.15, -0.1) is 0 Å². The molecular weight excluding hydrogens is 468 g/mol. The second-order valence-corrected chi connectivity index (χ2v) is 8.42. The quantitative estimate of drug-likeness (QED) is 0.326. The summed E-state index contributed by atoms with van der Waals surface area (Å²) in [7, 11) is 1.28. The number of nitrogens with zero attached hydrogens (tertiary/aromatic N) is 2. The zero-order valence-electron chi connectivity index (χ0n) is 21.1. The lowest BCUT2D eigenvalue weighted by atomic mass is 9.99. The third-order valence-corrected chi connectivity index (χ3v) is 5.86. The molecule has 0 saturated heterocycles. The van der Waals surface area contributed by atoms with Gasteiger partial charge in [0, 0.05) is 24.8 Å². The minimum Gasteiger partial charge on any atom is -0.469 e. The van der Waals surface area contributed by atoms with Crippen LogP contribution in [0.4, 0.5) is 8.78 Å². The molecule has 36 heavy (non-hydrogen) atoms. The lowest BCUT2D eigenvalue weighted by Gasteiger charge is -2.26. The number of allylic oxidation sites excluding steroid dienone is 3. The number of hydrogen-bond donors (Lipinski definition) is 1. The average molecular weight is 502 g/mol. The molecule has 9 heteroatoms. The van der Waals surface area contributed by atoms with E-state index in [0.29, 0.717) is 30.7 Å². The van der Waals surface area contributed by atoms with Crippen LogP contribution in [0.15, 0.2) is 64.2 Å². The monoisotopic (exact) mass is 501 g/mol. The Hall–Kier alpha value is -3.62. The summed E-state index contributed by atoms with van der Waals surface area (Å²) < 4.78 is 31.1. The molecule has 0 bridgehead atoms. The lowest BCUT2D eigenvalue weighted by Crippen LogP contribution is -2.36. The first-order chi connectivity index (χ1) is 17.2. The molecule has 1 atom stereocenters. The third kappa shape index (κ3) is 8.55. The zero-order valence-corrected chi connectivity index (χ0v) is 21.1. The predicted molar refractivity (Wildman–Crippen MR) is 134 cm³/mol. The molecule has 7 nitrogen and oxygen atoms in total. The van der Waals surface area contributed by atoms with Crippen LogP contribution in [0.25, 0.3) is 0 Å². The van der Waals surface area contributed by atoms with E-state index < -0.39 is 5.97 Å². The first kappa shape index (κ1) is 28.6. The first-order valence-corrected chi connectivity index (χ1v) is 11.8. The van der Waals surface area contributed by atoms with Crippen molar-refractivity contribution in [1.29, 1.82) is 0 Å². The molecule has 1 aliphatic rings. The Morgan fingerprint density at radius 1 is 1.25 bits per heavy atom. The van der Waals surface area contributed by atoms with Crippen LogP contribution in [0.5, 0.6) is 0 Å². The van der Waals surface area contributed by atoms with E-state index in [0.717, 1.165) is 11.1 Å². The predicted octanol–water partition coefficient (Wildman–Crippen LogP) is 4.90. The van der Waals surface area contributed by atoms with Crippen molar-refractivity contribution in [2.75, 3.05) is 7.11 Å². The van der Waals surface area contributed by atoms with Crippen LogP contribution in [0, 0.1) is 5.82 Å². The summed E-state index contributed by atoms with van der Waals surface area (Å²) in [6.45, 7) is 5.19. The van der Waals surface area contributed by atoms with E-state index in [1.165, 1.54) is 38.5 Å². The molecule has 0 spiro atoms. The zero-order chi connectivity index (χ0) is 26.7. The second kappa shape index (κ2) is 14.1. The fraction of sp³-hybridized carbons (Fsp3) is 0.407. The van der Waals surface area contributed by atoms with Crippen molar-refractivity contribution in [2.24, 2.45) is 4.99 Å². The summed E-state index contributed by atoms with van der Waals surface area (Å²) in [4.78, 5) is 42.8. The fourth-order valence-corrected chi connectivity index (χ4v) is 3.93. The minimum absolute atomic E-state index is 0.0177. The highest BCUT2D eigenvalue weighted by Gasteiger charge is 2.36. The van der Waals surface area contributed by atoms with Crippen LogP contribution < -0.4 is 5.32 Å². The van der Waals surface area contributed by atoms with Crippen LogP contribution in [0.2, 0.25) is 0 Å². The van der Waals surface area contributed by atoms with Gasteiger partial charge in [-0.25, -0.2) is 13.8 Å². The van der Waals surface area contributed by atoms with Gasteiger partial charge in [-0.1, -0.05) is 18.2 Å². The molecule has 0 fully saturated rings. The third-order valence-electron chi connectivity index (χ3n) is 5.86. The van der Waals surface area contributed by atoms with Crippen molar-refractivity contribution >= 4 is 24.0 Å². The smallest absolute Gasteiger partial charge is 0.310 e. The number of amides is 2. The lowest BCUT2D eigenvalue weighted by molar-refractivity contribution is -0.139. The Labute approximate surface area is 210 Å². The van der Waals surface area contributed by atoms with Gasteiger partial charge in [-0.05, 0) is 69.4 Å². The average Bonchev–Trinajstić information content (AvgIpc) is 3.06.